The molecule has 0 aromatic heterocycles. The van der Waals surface area contributed by atoms with Gasteiger partial charge in [0.15, 0.2) is 0 Å². The average molecular weight is 423 g/mol. The molecule has 0 fully saturated rings. The zero-order valence-electron chi connectivity index (χ0n) is 16.8. The first-order chi connectivity index (χ1) is 13.9. The number of hydrogen-bond acceptors (Lipinski definition) is 3. The van der Waals surface area contributed by atoms with Crippen LogP contribution >= 0.6 is 0 Å². The van der Waals surface area contributed by atoms with Gasteiger partial charge in [-0.05, 0) is 25.5 Å². The highest BCUT2D eigenvalue weighted by molar-refractivity contribution is 7.86. The molecule has 0 aliphatic heterocycles. The molecular weight excluding hydrogens is 396 g/mol. The van der Waals surface area contributed by atoms with Crippen LogP contribution in [0.2, 0.25) is 6.55 Å². The maximum atomic E-state index is 12.3. The number of benzene rings is 3. The summed E-state index contributed by atoms with van der Waals surface area (Å²) in [6.45, 7) is 4.35. The third-order valence-corrected chi connectivity index (χ3v) is 10.3. The van der Waals surface area contributed by atoms with Gasteiger partial charge in [-0.3, -0.25) is 4.18 Å². The Hall–Kier alpha value is -2.47. The van der Waals surface area contributed by atoms with E-state index in [9.17, 15) is 8.42 Å². The van der Waals surface area contributed by atoms with Gasteiger partial charge in [-0.2, -0.15) is 8.42 Å². The van der Waals surface area contributed by atoms with Crippen LogP contribution in [-0.2, 0) is 14.3 Å². The van der Waals surface area contributed by atoms with Crippen LogP contribution in [0.25, 0.3) is 0 Å². The molecule has 150 valence electrons. The maximum absolute atomic E-state index is 12.3. The van der Waals surface area contributed by atoms with Gasteiger partial charge in [-0.1, -0.05) is 107 Å². The van der Waals surface area contributed by atoms with Crippen molar-refractivity contribution >= 4 is 28.6 Å². The molecule has 0 saturated carbocycles. The molecule has 0 saturated heterocycles. The summed E-state index contributed by atoms with van der Waals surface area (Å²) in [5.74, 6) is 0. The molecule has 0 bridgehead atoms. The summed E-state index contributed by atoms with van der Waals surface area (Å²) in [6, 6.07) is 27.7. The van der Waals surface area contributed by atoms with Crippen molar-refractivity contribution in [2.75, 3.05) is 6.61 Å². The molecule has 0 amide bonds. The van der Waals surface area contributed by atoms with Crippen molar-refractivity contribution in [3.05, 3.63) is 102 Å². The van der Waals surface area contributed by atoms with Crippen LogP contribution in [0.1, 0.15) is 12.0 Å². The lowest BCUT2D eigenvalue weighted by atomic mass is 10.2. The lowest BCUT2D eigenvalue weighted by Gasteiger charge is -2.25. The second-order valence-electron chi connectivity index (χ2n) is 7.21. The van der Waals surface area contributed by atoms with Gasteiger partial charge in [-0.25, -0.2) is 0 Å². The number of rotatable bonds is 8. The van der Waals surface area contributed by atoms with Crippen LogP contribution in [0.5, 0.6) is 0 Å². The van der Waals surface area contributed by atoms with E-state index in [1.807, 2.05) is 19.1 Å². The molecular formula is C24H26O3SSi. The van der Waals surface area contributed by atoms with Gasteiger partial charge in [-0.15, -0.1) is 0 Å². The summed E-state index contributed by atoms with van der Waals surface area (Å²) in [7, 11) is -5.77. The number of aryl methyl sites for hydroxylation is 1. The van der Waals surface area contributed by atoms with Gasteiger partial charge in [0.05, 0.1) is 11.5 Å². The van der Waals surface area contributed by atoms with Crippen molar-refractivity contribution in [2.24, 2.45) is 0 Å². The standard InChI is InChI=1S/C24H26O3SSi/c1-21-15-17-22(18-16-21)28(25,26)27-19-9-10-20-29(2,23-11-5-3-6-12-23)24-13-7-4-8-14-24/h3-8,10-18,20H,9,19H2,1-2H3/b20-10+. The van der Waals surface area contributed by atoms with Crippen LogP contribution in [0, 0.1) is 6.92 Å². The minimum Gasteiger partial charge on any atom is -0.266 e. The first-order valence-corrected chi connectivity index (χ1v) is 13.7. The normalized spacial score (nSPS) is 12.3. The molecule has 0 unspecified atom stereocenters. The molecule has 0 radical (unpaired) electrons. The quantitative estimate of drug-likeness (QED) is 0.312. The second kappa shape index (κ2) is 9.35. The first-order valence-electron chi connectivity index (χ1n) is 9.67. The molecule has 0 heterocycles. The van der Waals surface area contributed by atoms with E-state index in [4.69, 9.17) is 4.18 Å². The molecule has 3 aromatic carbocycles. The second-order valence-corrected chi connectivity index (χ2v) is 12.7. The van der Waals surface area contributed by atoms with E-state index in [2.05, 4.69) is 66.9 Å². The summed E-state index contributed by atoms with van der Waals surface area (Å²) >= 11 is 0. The molecule has 0 atom stereocenters. The largest absolute Gasteiger partial charge is 0.296 e. The fourth-order valence-electron chi connectivity index (χ4n) is 3.25. The molecule has 0 aliphatic rings. The Kier molecular flexibility index (Phi) is 6.85. The molecule has 5 heteroatoms. The topological polar surface area (TPSA) is 43.4 Å². The van der Waals surface area contributed by atoms with Gasteiger partial charge in [0, 0.05) is 0 Å². The lowest BCUT2D eigenvalue weighted by molar-refractivity contribution is 0.324. The number of hydrogen-bond donors (Lipinski definition) is 0. The predicted molar refractivity (Wildman–Crippen MR) is 122 cm³/mol. The van der Waals surface area contributed by atoms with Crippen molar-refractivity contribution in [2.45, 2.75) is 24.8 Å². The zero-order chi connectivity index (χ0) is 20.7. The van der Waals surface area contributed by atoms with E-state index in [1.165, 1.54) is 10.4 Å². The van der Waals surface area contributed by atoms with Gasteiger partial charge >= 0.3 is 0 Å². The summed E-state index contributed by atoms with van der Waals surface area (Å²) in [6.07, 6.45) is 2.59. The van der Waals surface area contributed by atoms with E-state index in [0.717, 1.165) is 5.56 Å². The van der Waals surface area contributed by atoms with E-state index in [1.54, 1.807) is 24.3 Å². The smallest absolute Gasteiger partial charge is 0.266 e. The van der Waals surface area contributed by atoms with Crippen LogP contribution in [0.4, 0.5) is 0 Å². The summed E-state index contributed by atoms with van der Waals surface area (Å²) in [5.41, 5.74) is 3.28. The van der Waals surface area contributed by atoms with Gasteiger partial charge in [0.1, 0.15) is 8.07 Å². The Morgan fingerprint density at radius 2 is 1.34 bits per heavy atom. The Labute approximate surface area is 174 Å². The van der Waals surface area contributed by atoms with E-state index in [-0.39, 0.29) is 11.5 Å². The highest BCUT2D eigenvalue weighted by Crippen LogP contribution is 2.14. The monoisotopic (exact) mass is 422 g/mol. The van der Waals surface area contributed by atoms with Crippen molar-refractivity contribution in [3.8, 4) is 0 Å². The maximum Gasteiger partial charge on any atom is 0.296 e. The first kappa shape index (κ1) is 21.2. The predicted octanol–water partition coefficient (Wildman–Crippen LogP) is 4.08. The average Bonchev–Trinajstić information content (AvgIpc) is 2.75. The van der Waals surface area contributed by atoms with Crippen LogP contribution in [0.3, 0.4) is 0 Å². The Bertz CT molecular complexity index is 1000. The molecule has 3 rings (SSSR count). The lowest BCUT2D eigenvalue weighted by Crippen LogP contribution is -2.54. The Morgan fingerprint density at radius 1 is 0.828 bits per heavy atom. The third-order valence-electron chi connectivity index (χ3n) is 5.03. The fraction of sp³-hybridized carbons (Fsp3) is 0.167. The zero-order valence-corrected chi connectivity index (χ0v) is 18.6. The minimum absolute atomic E-state index is 0.126. The van der Waals surface area contributed by atoms with Crippen LogP contribution < -0.4 is 10.4 Å². The molecule has 3 nitrogen and oxygen atoms in total. The molecule has 3 aromatic rings. The SMILES string of the molecule is Cc1ccc(S(=O)(=O)OCC/C=C/[Si](C)(c2ccccc2)c2ccccc2)cc1. The minimum atomic E-state index is -3.72. The Morgan fingerprint density at radius 3 is 1.86 bits per heavy atom. The van der Waals surface area contributed by atoms with Crippen molar-refractivity contribution in [3.63, 3.8) is 0 Å². The summed E-state index contributed by atoms with van der Waals surface area (Å²) < 4.78 is 29.8. The highest BCUT2D eigenvalue weighted by atomic mass is 32.2. The molecule has 0 N–H and O–H groups in total. The summed E-state index contributed by atoms with van der Waals surface area (Å²) in [5, 5.41) is 2.63. The van der Waals surface area contributed by atoms with E-state index < -0.39 is 18.2 Å². The summed E-state index contributed by atoms with van der Waals surface area (Å²) in [4.78, 5) is 0.194. The van der Waals surface area contributed by atoms with Crippen LogP contribution in [0.15, 0.2) is 102 Å². The van der Waals surface area contributed by atoms with Gasteiger partial charge in [0.25, 0.3) is 10.1 Å². The van der Waals surface area contributed by atoms with Crippen molar-refractivity contribution in [1.29, 1.82) is 0 Å². The fourth-order valence-corrected chi connectivity index (χ4v) is 7.29. The van der Waals surface area contributed by atoms with Crippen LogP contribution in [-0.4, -0.2) is 23.1 Å². The molecule has 0 aliphatic carbocycles. The van der Waals surface area contributed by atoms with Gasteiger partial charge < -0.3 is 0 Å². The molecule has 0 spiro atoms. The molecule has 29 heavy (non-hydrogen) atoms. The van der Waals surface area contributed by atoms with Gasteiger partial charge in [0.2, 0.25) is 0 Å². The highest BCUT2D eigenvalue weighted by Gasteiger charge is 2.28. The van der Waals surface area contributed by atoms with Crippen molar-refractivity contribution in [1.82, 2.24) is 0 Å². The van der Waals surface area contributed by atoms with E-state index >= 15 is 0 Å². The van der Waals surface area contributed by atoms with E-state index in [0.29, 0.717) is 6.42 Å². The third kappa shape index (κ3) is 5.32. The Balaban J connectivity index is 1.70. The van der Waals surface area contributed by atoms with Crippen molar-refractivity contribution < 1.29 is 12.6 Å².